The number of allylic oxidation sites excluding steroid dienone is 4. The summed E-state index contributed by atoms with van der Waals surface area (Å²) in [6.07, 6.45) is 3.92. The number of hydrogen-bond acceptors (Lipinski definition) is 9. The van der Waals surface area contributed by atoms with Crippen molar-refractivity contribution < 1.29 is 43.2 Å². The molecule has 0 saturated carbocycles. The molecule has 6 atom stereocenters. The van der Waals surface area contributed by atoms with Crippen LogP contribution in [0.3, 0.4) is 0 Å². The van der Waals surface area contributed by atoms with Crippen LogP contribution in [0.15, 0.2) is 82.8 Å². The number of amides is 1. The maximum atomic E-state index is 14.1. The summed E-state index contributed by atoms with van der Waals surface area (Å²) in [6.45, 7) is 7.39. The smallest absolute Gasteiger partial charge is 0.293 e. The molecule has 0 radical (unpaired) electrons. The predicted molar refractivity (Wildman–Crippen MR) is 168 cm³/mol. The van der Waals surface area contributed by atoms with Gasteiger partial charge in [0.1, 0.15) is 11.8 Å². The minimum absolute atomic E-state index is 0.0327. The lowest BCUT2D eigenvalue weighted by molar-refractivity contribution is -0.136. The quantitative estimate of drug-likeness (QED) is 0.274. The van der Waals surface area contributed by atoms with Crippen LogP contribution in [0.5, 0.6) is 0 Å². The minimum atomic E-state index is -0.951. The number of hydrogen-bond donors (Lipinski definition) is 2. The molecule has 1 aliphatic heterocycles. The number of carbonyl (C=O) groups is 4. The van der Waals surface area contributed by atoms with Gasteiger partial charge in [0.25, 0.3) is 12.4 Å². The number of carbonyl (C=O) groups excluding carboxylic acids is 4. The highest BCUT2D eigenvalue weighted by Gasteiger charge is 2.38. The molecule has 0 saturated heterocycles. The molecule has 242 valence electrons. The number of Topliss-reactive ketones (excluding diaryl/α,β-unsaturated/α-hetero) is 2. The van der Waals surface area contributed by atoms with Gasteiger partial charge in [-0.1, -0.05) is 68.5 Å². The molecule has 1 heterocycles. The topological polar surface area (TPSA) is 137 Å². The predicted octanol–water partition coefficient (Wildman–Crippen LogP) is 4.01. The van der Waals surface area contributed by atoms with E-state index in [9.17, 15) is 24.3 Å². The Morgan fingerprint density at radius 3 is 2.27 bits per heavy atom. The summed E-state index contributed by atoms with van der Waals surface area (Å²) in [5, 5.41) is 14.0. The minimum Gasteiger partial charge on any atom is -0.492 e. The largest absolute Gasteiger partial charge is 0.492 e. The summed E-state index contributed by atoms with van der Waals surface area (Å²) in [4.78, 5) is 52.8. The van der Waals surface area contributed by atoms with Gasteiger partial charge in [0, 0.05) is 31.3 Å². The van der Waals surface area contributed by atoms with E-state index in [1.807, 2.05) is 13.8 Å². The molecular weight excluding hydrogens is 578 g/mol. The molecule has 3 rings (SSSR count). The number of nitrogens with one attached hydrogen (secondary N) is 1. The van der Waals surface area contributed by atoms with Gasteiger partial charge in [0.05, 0.1) is 24.9 Å². The number of fused-ring (bicyclic) bond motifs is 2. The Morgan fingerprint density at radius 1 is 0.978 bits per heavy atom. The van der Waals surface area contributed by atoms with Crippen molar-refractivity contribution in [2.75, 3.05) is 21.3 Å². The molecule has 1 aromatic carbocycles. The van der Waals surface area contributed by atoms with Crippen LogP contribution in [0, 0.1) is 11.8 Å². The van der Waals surface area contributed by atoms with E-state index in [2.05, 4.69) is 5.32 Å². The van der Waals surface area contributed by atoms with Crippen molar-refractivity contribution in [2.45, 2.75) is 65.0 Å². The van der Waals surface area contributed by atoms with Crippen molar-refractivity contribution in [1.82, 2.24) is 5.32 Å². The third kappa shape index (κ3) is 8.33. The Balaban J connectivity index is 2.19. The number of methoxy groups -OCH3 is 3. The van der Waals surface area contributed by atoms with Crippen LogP contribution in [-0.2, 0) is 38.1 Å². The fourth-order valence-electron chi connectivity index (χ4n) is 5.69. The first kappa shape index (κ1) is 35.4. The summed E-state index contributed by atoms with van der Waals surface area (Å²) >= 11 is 0. The molecule has 1 amide bonds. The second kappa shape index (κ2) is 16.3. The zero-order chi connectivity index (χ0) is 33.3. The molecule has 1 aliphatic carbocycles. The van der Waals surface area contributed by atoms with Gasteiger partial charge in [-0.2, -0.15) is 0 Å². The summed E-state index contributed by atoms with van der Waals surface area (Å²) in [7, 11) is 4.30. The molecule has 0 aromatic heterocycles. The number of aliphatic hydroxyl groups is 1. The molecule has 0 unspecified atom stereocenters. The second-order valence-corrected chi connectivity index (χ2v) is 11.4. The van der Waals surface area contributed by atoms with E-state index in [1.165, 1.54) is 27.4 Å². The zero-order valence-corrected chi connectivity index (χ0v) is 26.9. The monoisotopic (exact) mass is 621 g/mol. The number of ether oxygens (including phenoxy) is 4. The van der Waals surface area contributed by atoms with Gasteiger partial charge >= 0.3 is 0 Å². The molecule has 0 spiro atoms. The first-order valence-corrected chi connectivity index (χ1v) is 14.8. The Morgan fingerprint density at radius 2 is 1.67 bits per heavy atom. The van der Waals surface area contributed by atoms with E-state index >= 15 is 0 Å². The molecule has 45 heavy (non-hydrogen) atoms. The summed E-state index contributed by atoms with van der Waals surface area (Å²) < 4.78 is 22.2. The number of aliphatic hydroxyl groups excluding tert-OH is 1. The van der Waals surface area contributed by atoms with E-state index in [1.54, 1.807) is 62.4 Å². The van der Waals surface area contributed by atoms with Gasteiger partial charge in [-0.25, -0.2) is 0 Å². The lowest BCUT2D eigenvalue weighted by atomic mass is 9.82. The van der Waals surface area contributed by atoms with Crippen LogP contribution >= 0.6 is 0 Å². The van der Waals surface area contributed by atoms with Crippen molar-refractivity contribution in [1.29, 1.82) is 0 Å². The lowest BCUT2D eigenvalue weighted by Crippen LogP contribution is -2.37. The van der Waals surface area contributed by atoms with Gasteiger partial charge in [-0.3, -0.25) is 19.2 Å². The lowest BCUT2D eigenvalue weighted by Gasteiger charge is -2.30. The molecule has 0 fully saturated rings. The van der Waals surface area contributed by atoms with Crippen LogP contribution in [0.1, 0.15) is 46.1 Å². The van der Waals surface area contributed by atoms with Crippen LogP contribution in [-0.4, -0.2) is 74.8 Å². The first-order chi connectivity index (χ1) is 21.5. The van der Waals surface area contributed by atoms with Crippen molar-refractivity contribution in [3.63, 3.8) is 0 Å². The maximum Gasteiger partial charge on any atom is 0.293 e. The molecule has 10 heteroatoms. The Labute approximate surface area is 264 Å². The average molecular weight is 622 g/mol. The van der Waals surface area contributed by atoms with Crippen LogP contribution in [0.2, 0.25) is 0 Å². The van der Waals surface area contributed by atoms with Crippen LogP contribution in [0.25, 0.3) is 5.57 Å². The number of rotatable bonds is 6. The molecule has 1 aromatic rings. The normalized spacial score (nSPS) is 30.5. The van der Waals surface area contributed by atoms with Gasteiger partial charge < -0.3 is 29.4 Å². The number of ketones is 2. The van der Waals surface area contributed by atoms with Gasteiger partial charge in [0.2, 0.25) is 11.6 Å². The third-order valence-electron chi connectivity index (χ3n) is 8.13. The fourth-order valence-corrected chi connectivity index (χ4v) is 5.69. The second-order valence-electron chi connectivity index (χ2n) is 11.4. The number of benzene rings is 1. The molecule has 2 N–H and O–H groups in total. The molecule has 10 nitrogen and oxygen atoms in total. The van der Waals surface area contributed by atoms with E-state index in [4.69, 9.17) is 18.9 Å². The average Bonchev–Trinajstić information content (AvgIpc) is 3.03. The van der Waals surface area contributed by atoms with E-state index < -0.39 is 47.8 Å². The Kier molecular flexibility index (Phi) is 12.8. The fraction of sp³-hybridized carbons (Fsp3) is 0.429. The van der Waals surface area contributed by atoms with Gasteiger partial charge in [-0.05, 0) is 43.7 Å². The molecular formula is C35H43NO9. The zero-order valence-electron chi connectivity index (χ0n) is 26.9. The van der Waals surface area contributed by atoms with Crippen LogP contribution in [0.4, 0.5) is 0 Å². The van der Waals surface area contributed by atoms with Crippen molar-refractivity contribution in [2.24, 2.45) is 11.8 Å². The Bertz CT molecular complexity index is 1420. The highest BCUT2D eigenvalue weighted by Crippen LogP contribution is 2.35. The summed E-state index contributed by atoms with van der Waals surface area (Å²) in [5.74, 6) is -2.37. The summed E-state index contributed by atoms with van der Waals surface area (Å²) in [5.41, 5.74) is 1.38. The van der Waals surface area contributed by atoms with Crippen molar-refractivity contribution >= 4 is 29.5 Å². The van der Waals surface area contributed by atoms with Gasteiger partial charge in [0.15, 0.2) is 11.9 Å². The summed E-state index contributed by atoms with van der Waals surface area (Å²) in [6, 6.07) is 8.62. The molecule has 2 aliphatic rings. The third-order valence-corrected chi connectivity index (χ3v) is 8.13. The van der Waals surface area contributed by atoms with E-state index in [-0.39, 0.29) is 40.5 Å². The Hall–Kier alpha value is -4.12. The SMILES string of the molecule is COC1=C2C[C@@H](C)C[C@H](OC)[C@H](O)[C@@H](C)/C=C(\C)[C@H](OC=O)[C@@H](OC)/C=C\C=C(/C)C(=O)NC(=C(c3ccccc3)C1=O)C2=O. The molecule has 2 bridgehead atoms. The first-order valence-electron chi connectivity index (χ1n) is 14.8. The van der Waals surface area contributed by atoms with Crippen LogP contribution < -0.4 is 5.32 Å². The van der Waals surface area contributed by atoms with E-state index in [0.717, 1.165) is 0 Å². The van der Waals surface area contributed by atoms with E-state index in [0.29, 0.717) is 24.0 Å². The maximum absolute atomic E-state index is 14.1. The highest BCUT2D eigenvalue weighted by atomic mass is 16.6. The van der Waals surface area contributed by atoms with Gasteiger partial charge in [-0.15, -0.1) is 0 Å². The van der Waals surface area contributed by atoms with Crippen molar-refractivity contribution in [3.05, 3.63) is 88.4 Å². The van der Waals surface area contributed by atoms with Crippen molar-refractivity contribution in [3.8, 4) is 0 Å². The highest BCUT2D eigenvalue weighted by molar-refractivity contribution is 6.39. The standard InChI is InChI=1S/C35H43NO9/c1-20-16-25-31(39)29(28(32(40)34(25)44-7)24-13-9-8-10-14-24)36-35(41)21(2)12-11-15-26(42-5)33(45-19-37)23(4)18-22(3)30(38)27(17-20)43-6/h8-15,18-20,22,26-27,30,33,38H,16-17H2,1-7H3,(H,36,41)/b15-11-,21-12+,23-18+/t20-,22+,26+,27+,30-,33+/m1/s1.